The molecule has 2 fully saturated rings. The lowest BCUT2D eigenvalue weighted by Gasteiger charge is -2.28. The number of benzene rings is 1. The molecule has 6 heteroatoms. The Morgan fingerprint density at radius 2 is 2.09 bits per heavy atom. The summed E-state index contributed by atoms with van der Waals surface area (Å²) in [6, 6.07) is 9.04. The number of rotatable bonds is 3. The van der Waals surface area contributed by atoms with E-state index in [9.17, 15) is 9.90 Å². The third-order valence-electron chi connectivity index (χ3n) is 4.00. The van der Waals surface area contributed by atoms with E-state index in [4.69, 9.17) is 14.2 Å². The average molecular weight is 307 g/mol. The van der Waals surface area contributed by atoms with E-state index in [0.717, 1.165) is 5.56 Å². The highest BCUT2D eigenvalue weighted by Gasteiger charge is 2.54. The van der Waals surface area contributed by atoms with Gasteiger partial charge in [0.15, 0.2) is 5.79 Å². The number of nitrogens with zero attached hydrogens (tertiary/aromatic N) is 1. The van der Waals surface area contributed by atoms with Crippen molar-refractivity contribution in [2.24, 2.45) is 0 Å². The van der Waals surface area contributed by atoms with Crippen LogP contribution in [0.3, 0.4) is 0 Å². The Morgan fingerprint density at radius 3 is 2.77 bits per heavy atom. The van der Waals surface area contributed by atoms with Gasteiger partial charge < -0.3 is 19.3 Å². The Kier molecular flexibility index (Phi) is 4.08. The summed E-state index contributed by atoms with van der Waals surface area (Å²) in [6.45, 7) is 4.06. The number of likely N-dealkylation sites (tertiary alicyclic amines) is 1. The van der Waals surface area contributed by atoms with Crippen molar-refractivity contribution in [2.45, 2.75) is 44.5 Å². The molecule has 0 bridgehead atoms. The van der Waals surface area contributed by atoms with Crippen LogP contribution in [0.1, 0.15) is 19.4 Å². The van der Waals surface area contributed by atoms with Crippen LogP contribution in [0, 0.1) is 0 Å². The van der Waals surface area contributed by atoms with Crippen molar-refractivity contribution in [2.75, 3.05) is 13.2 Å². The van der Waals surface area contributed by atoms with E-state index in [1.165, 1.54) is 4.90 Å². The highest BCUT2D eigenvalue weighted by atomic mass is 16.8. The number of hydrogen-bond donors (Lipinski definition) is 1. The van der Waals surface area contributed by atoms with Crippen LogP contribution in [-0.2, 0) is 20.8 Å². The van der Waals surface area contributed by atoms with E-state index in [1.807, 2.05) is 44.2 Å². The summed E-state index contributed by atoms with van der Waals surface area (Å²) in [7, 11) is 0. The van der Waals surface area contributed by atoms with E-state index < -0.39 is 17.9 Å². The SMILES string of the molecule is CC1(C)O[C@H]2[C@H](CN(C(=O)OCc3ccccc3)[C@@H]2CO)O1. The van der Waals surface area contributed by atoms with Gasteiger partial charge in [-0.3, -0.25) is 4.90 Å². The summed E-state index contributed by atoms with van der Waals surface area (Å²) >= 11 is 0. The Labute approximate surface area is 129 Å². The smallest absolute Gasteiger partial charge is 0.410 e. The summed E-state index contributed by atoms with van der Waals surface area (Å²) in [6.07, 6.45) is -0.997. The number of fused-ring (bicyclic) bond motifs is 1. The second kappa shape index (κ2) is 5.87. The lowest BCUT2D eigenvalue weighted by Crippen LogP contribution is -2.44. The first-order valence-corrected chi connectivity index (χ1v) is 7.44. The van der Waals surface area contributed by atoms with Gasteiger partial charge in [0.25, 0.3) is 0 Å². The van der Waals surface area contributed by atoms with Gasteiger partial charge in [-0.25, -0.2) is 4.79 Å². The molecule has 0 spiro atoms. The molecule has 2 aliphatic heterocycles. The molecule has 0 radical (unpaired) electrons. The number of carbonyl (C=O) groups is 1. The van der Waals surface area contributed by atoms with Gasteiger partial charge in [-0.2, -0.15) is 0 Å². The lowest BCUT2D eigenvalue weighted by molar-refractivity contribution is -0.161. The summed E-state index contributed by atoms with van der Waals surface area (Å²) in [4.78, 5) is 13.8. The molecule has 1 amide bonds. The molecular formula is C16H21NO5. The van der Waals surface area contributed by atoms with Crippen molar-refractivity contribution in [3.63, 3.8) is 0 Å². The van der Waals surface area contributed by atoms with Gasteiger partial charge in [-0.05, 0) is 19.4 Å². The molecule has 3 rings (SSSR count). The minimum absolute atomic E-state index is 0.180. The normalized spacial score (nSPS) is 29.4. The maximum Gasteiger partial charge on any atom is 0.410 e. The molecule has 2 aliphatic rings. The molecule has 2 saturated heterocycles. The summed E-state index contributed by atoms with van der Waals surface area (Å²) in [5.74, 6) is -0.678. The molecule has 1 aromatic rings. The van der Waals surface area contributed by atoms with Crippen LogP contribution < -0.4 is 0 Å². The van der Waals surface area contributed by atoms with Gasteiger partial charge in [0, 0.05) is 0 Å². The summed E-state index contributed by atoms with van der Waals surface area (Å²) in [5, 5.41) is 9.60. The quantitative estimate of drug-likeness (QED) is 0.917. The van der Waals surface area contributed by atoms with E-state index in [2.05, 4.69) is 0 Å². The summed E-state index contributed by atoms with van der Waals surface area (Å²) in [5.41, 5.74) is 0.921. The predicted molar refractivity (Wildman–Crippen MR) is 78.0 cm³/mol. The maximum atomic E-state index is 12.3. The third-order valence-corrected chi connectivity index (χ3v) is 4.00. The van der Waals surface area contributed by atoms with Gasteiger partial charge in [0.1, 0.15) is 18.8 Å². The Morgan fingerprint density at radius 1 is 1.36 bits per heavy atom. The van der Waals surface area contributed by atoms with Crippen LogP contribution in [0.15, 0.2) is 30.3 Å². The molecule has 1 aromatic carbocycles. The van der Waals surface area contributed by atoms with Crippen LogP contribution in [0.5, 0.6) is 0 Å². The van der Waals surface area contributed by atoms with Gasteiger partial charge in [0.05, 0.1) is 19.2 Å². The predicted octanol–water partition coefficient (Wildman–Crippen LogP) is 1.52. The first-order valence-electron chi connectivity index (χ1n) is 7.44. The maximum absolute atomic E-state index is 12.3. The average Bonchev–Trinajstić information content (AvgIpc) is 2.97. The molecule has 2 heterocycles. The molecule has 0 aliphatic carbocycles. The first-order chi connectivity index (χ1) is 10.5. The molecule has 22 heavy (non-hydrogen) atoms. The van der Waals surface area contributed by atoms with Gasteiger partial charge in [0.2, 0.25) is 0 Å². The topological polar surface area (TPSA) is 68.2 Å². The van der Waals surface area contributed by atoms with Crippen molar-refractivity contribution < 1.29 is 24.1 Å². The van der Waals surface area contributed by atoms with Crippen LogP contribution in [-0.4, -0.2) is 53.3 Å². The molecule has 120 valence electrons. The van der Waals surface area contributed by atoms with E-state index in [-0.39, 0.29) is 25.4 Å². The van der Waals surface area contributed by atoms with Crippen molar-refractivity contribution in [3.8, 4) is 0 Å². The van der Waals surface area contributed by atoms with Gasteiger partial charge in [-0.15, -0.1) is 0 Å². The fourth-order valence-corrected chi connectivity index (χ4v) is 3.05. The molecular weight excluding hydrogens is 286 g/mol. The summed E-state index contributed by atoms with van der Waals surface area (Å²) < 4.78 is 16.9. The highest BCUT2D eigenvalue weighted by Crippen LogP contribution is 2.36. The Balaban J connectivity index is 1.61. The molecule has 0 unspecified atom stereocenters. The van der Waals surface area contributed by atoms with Crippen molar-refractivity contribution in [3.05, 3.63) is 35.9 Å². The third kappa shape index (κ3) is 2.95. The number of carbonyl (C=O) groups excluding carboxylic acids is 1. The zero-order valence-electron chi connectivity index (χ0n) is 12.8. The fraction of sp³-hybridized carbons (Fsp3) is 0.562. The van der Waals surface area contributed by atoms with E-state index >= 15 is 0 Å². The highest BCUT2D eigenvalue weighted by molar-refractivity contribution is 5.69. The first kappa shape index (κ1) is 15.3. The van der Waals surface area contributed by atoms with Crippen LogP contribution in [0.25, 0.3) is 0 Å². The zero-order valence-corrected chi connectivity index (χ0v) is 12.8. The minimum Gasteiger partial charge on any atom is -0.445 e. The molecule has 0 saturated carbocycles. The van der Waals surface area contributed by atoms with Crippen molar-refractivity contribution in [1.82, 2.24) is 4.90 Å². The lowest BCUT2D eigenvalue weighted by atomic mass is 10.1. The number of aliphatic hydroxyl groups is 1. The molecule has 1 N–H and O–H groups in total. The largest absolute Gasteiger partial charge is 0.445 e. The standard InChI is InChI=1S/C16H21NO5/c1-16(2)21-13-8-17(12(9-18)14(13)22-16)15(19)20-10-11-6-4-3-5-7-11/h3-7,12-14,18H,8-10H2,1-2H3/t12-,13+,14-/m1/s1. The number of aliphatic hydroxyl groups excluding tert-OH is 1. The van der Waals surface area contributed by atoms with Crippen molar-refractivity contribution >= 4 is 6.09 Å². The minimum atomic E-state index is -0.678. The second-order valence-electron chi connectivity index (χ2n) is 6.08. The number of amides is 1. The van der Waals surface area contributed by atoms with Crippen LogP contribution in [0.2, 0.25) is 0 Å². The Hall–Kier alpha value is -1.63. The van der Waals surface area contributed by atoms with E-state index in [1.54, 1.807) is 0 Å². The molecule has 0 aromatic heterocycles. The van der Waals surface area contributed by atoms with E-state index in [0.29, 0.717) is 6.54 Å². The Bertz CT molecular complexity index is 533. The monoisotopic (exact) mass is 307 g/mol. The molecule has 6 nitrogen and oxygen atoms in total. The molecule has 3 atom stereocenters. The number of hydrogen-bond acceptors (Lipinski definition) is 5. The van der Waals surface area contributed by atoms with Crippen molar-refractivity contribution in [1.29, 1.82) is 0 Å². The van der Waals surface area contributed by atoms with Crippen LogP contribution in [0.4, 0.5) is 4.79 Å². The van der Waals surface area contributed by atoms with Gasteiger partial charge >= 0.3 is 6.09 Å². The van der Waals surface area contributed by atoms with Crippen LogP contribution >= 0.6 is 0 Å². The zero-order chi connectivity index (χ0) is 15.7. The number of ether oxygens (including phenoxy) is 3. The fourth-order valence-electron chi connectivity index (χ4n) is 3.05. The van der Waals surface area contributed by atoms with Gasteiger partial charge in [-0.1, -0.05) is 30.3 Å². The second-order valence-corrected chi connectivity index (χ2v) is 6.08.